The van der Waals surface area contributed by atoms with Gasteiger partial charge < -0.3 is 0 Å². The standard InChI is InChI=1S/C25H14Cl2F3N3O3/c26-17-11-19-20(12-18(17)27)33(22(34)13-5-7-14(8-6-13)25(28,29)30)21(31-19)9-10-32-23(35)15-3-1-2-4-16(15)24(32)36/h1-8,11-12H,9-10H2. The third-order valence-corrected chi connectivity index (χ3v) is 6.59. The van der Waals surface area contributed by atoms with Crippen molar-refractivity contribution in [3.63, 3.8) is 0 Å². The van der Waals surface area contributed by atoms with Crippen LogP contribution in [-0.4, -0.2) is 38.7 Å². The number of rotatable bonds is 4. The Balaban J connectivity index is 1.52. The molecule has 11 heteroatoms. The third-order valence-electron chi connectivity index (χ3n) is 5.87. The Bertz CT molecular complexity index is 1530. The van der Waals surface area contributed by atoms with Gasteiger partial charge in [0.05, 0.1) is 37.8 Å². The van der Waals surface area contributed by atoms with Crippen LogP contribution in [0.25, 0.3) is 11.0 Å². The largest absolute Gasteiger partial charge is 0.416 e. The SMILES string of the molecule is O=C1c2ccccc2C(=O)N1CCc1nc2cc(Cl)c(Cl)cc2n1C(=O)c1ccc(C(F)(F)F)cc1. The highest BCUT2D eigenvalue weighted by Crippen LogP contribution is 2.31. The van der Waals surface area contributed by atoms with Crippen LogP contribution in [-0.2, 0) is 12.6 Å². The van der Waals surface area contributed by atoms with Crippen molar-refractivity contribution in [3.8, 4) is 0 Å². The lowest BCUT2D eigenvalue weighted by molar-refractivity contribution is -0.137. The molecular weight excluding hydrogens is 518 g/mol. The molecule has 0 unspecified atom stereocenters. The molecule has 2 amide bonds. The summed E-state index contributed by atoms with van der Waals surface area (Å²) in [6, 6.07) is 13.1. The Kier molecular flexibility index (Phi) is 5.84. The van der Waals surface area contributed by atoms with Crippen molar-refractivity contribution in [1.82, 2.24) is 14.5 Å². The maximum Gasteiger partial charge on any atom is 0.416 e. The number of fused-ring (bicyclic) bond motifs is 2. The van der Waals surface area contributed by atoms with E-state index in [1.165, 1.54) is 16.7 Å². The predicted octanol–water partition coefficient (Wildman–Crippen LogP) is 5.89. The molecule has 4 aromatic rings. The molecule has 1 aromatic heterocycles. The van der Waals surface area contributed by atoms with Gasteiger partial charge in [0.1, 0.15) is 5.82 Å². The highest BCUT2D eigenvalue weighted by atomic mass is 35.5. The monoisotopic (exact) mass is 531 g/mol. The second-order valence-electron chi connectivity index (χ2n) is 8.06. The maximum absolute atomic E-state index is 13.4. The van der Waals surface area contributed by atoms with Crippen molar-refractivity contribution in [2.45, 2.75) is 12.6 Å². The van der Waals surface area contributed by atoms with Crippen molar-refractivity contribution in [2.75, 3.05) is 6.54 Å². The molecule has 0 spiro atoms. The van der Waals surface area contributed by atoms with E-state index >= 15 is 0 Å². The van der Waals surface area contributed by atoms with E-state index in [1.807, 2.05) is 0 Å². The number of aromatic nitrogens is 2. The van der Waals surface area contributed by atoms with E-state index < -0.39 is 29.5 Å². The fourth-order valence-electron chi connectivity index (χ4n) is 4.10. The molecule has 0 fully saturated rings. The normalized spacial score (nSPS) is 13.5. The first kappa shape index (κ1) is 24.0. The molecule has 1 aliphatic heterocycles. The molecule has 0 N–H and O–H groups in total. The first-order chi connectivity index (χ1) is 17.1. The van der Waals surface area contributed by atoms with Crippen molar-refractivity contribution in [3.05, 3.63) is 98.8 Å². The molecule has 0 saturated heterocycles. The summed E-state index contributed by atoms with van der Waals surface area (Å²) in [5, 5.41) is 0.347. The van der Waals surface area contributed by atoms with E-state index in [0.29, 0.717) is 5.52 Å². The molecule has 0 saturated carbocycles. The number of hydrogen-bond acceptors (Lipinski definition) is 4. The van der Waals surface area contributed by atoms with Crippen LogP contribution >= 0.6 is 23.2 Å². The molecule has 182 valence electrons. The van der Waals surface area contributed by atoms with E-state index in [4.69, 9.17) is 23.2 Å². The number of nitrogens with zero attached hydrogens (tertiary/aromatic N) is 3. The van der Waals surface area contributed by atoms with Crippen LogP contribution in [0.4, 0.5) is 13.2 Å². The van der Waals surface area contributed by atoms with Gasteiger partial charge >= 0.3 is 6.18 Å². The average Bonchev–Trinajstić information content (AvgIpc) is 3.31. The van der Waals surface area contributed by atoms with Crippen LogP contribution in [0.3, 0.4) is 0 Å². The maximum atomic E-state index is 13.4. The molecule has 0 radical (unpaired) electrons. The highest BCUT2D eigenvalue weighted by Gasteiger charge is 2.35. The first-order valence-electron chi connectivity index (χ1n) is 10.6. The summed E-state index contributed by atoms with van der Waals surface area (Å²) in [7, 11) is 0. The van der Waals surface area contributed by atoms with Gasteiger partial charge in [-0.1, -0.05) is 35.3 Å². The molecule has 5 rings (SSSR count). The van der Waals surface area contributed by atoms with E-state index in [2.05, 4.69) is 4.98 Å². The summed E-state index contributed by atoms with van der Waals surface area (Å²) in [4.78, 5) is 44.4. The van der Waals surface area contributed by atoms with Crippen molar-refractivity contribution in [1.29, 1.82) is 0 Å². The van der Waals surface area contributed by atoms with Crippen LogP contribution in [0.15, 0.2) is 60.7 Å². The summed E-state index contributed by atoms with van der Waals surface area (Å²) in [6.07, 6.45) is -4.55. The Hall–Kier alpha value is -3.69. The van der Waals surface area contributed by atoms with Gasteiger partial charge in [0.15, 0.2) is 0 Å². The van der Waals surface area contributed by atoms with E-state index in [0.717, 1.165) is 29.2 Å². The number of imidazole rings is 1. The number of carbonyl (C=O) groups is 3. The topological polar surface area (TPSA) is 72.3 Å². The smallest absolute Gasteiger partial charge is 0.274 e. The lowest BCUT2D eigenvalue weighted by atomic mass is 10.1. The van der Waals surface area contributed by atoms with Gasteiger partial charge in [-0.2, -0.15) is 13.2 Å². The Morgan fingerprint density at radius 3 is 2.06 bits per heavy atom. The molecule has 1 aliphatic rings. The number of halogens is 5. The van der Waals surface area contributed by atoms with Crippen LogP contribution in [0, 0.1) is 0 Å². The minimum absolute atomic E-state index is 0.00175. The minimum Gasteiger partial charge on any atom is -0.274 e. The van der Waals surface area contributed by atoms with Gasteiger partial charge in [0.25, 0.3) is 17.7 Å². The zero-order chi connectivity index (χ0) is 25.8. The van der Waals surface area contributed by atoms with Crippen LogP contribution < -0.4 is 0 Å². The number of imide groups is 1. The molecule has 36 heavy (non-hydrogen) atoms. The fourth-order valence-corrected chi connectivity index (χ4v) is 4.42. The molecular formula is C25H14Cl2F3N3O3. The predicted molar refractivity (Wildman–Crippen MR) is 126 cm³/mol. The second kappa shape index (κ2) is 8.76. The number of hydrogen-bond donors (Lipinski definition) is 0. The highest BCUT2D eigenvalue weighted by molar-refractivity contribution is 6.42. The van der Waals surface area contributed by atoms with Gasteiger partial charge in [-0.3, -0.25) is 23.9 Å². The van der Waals surface area contributed by atoms with E-state index in [1.54, 1.807) is 24.3 Å². The number of amides is 2. The summed E-state index contributed by atoms with van der Waals surface area (Å²) in [5.74, 6) is -1.39. The molecule has 2 heterocycles. The third kappa shape index (κ3) is 4.04. The summed E-state index contributed by atoms with van der Waals surface area (Å²) in [5.41, 5.74) is 0.269. The summed E-state index contributed by atoms with van der Waals surface area (Å²) >= 11 is 12.3. The average molecular weight is 532 g/mol. The first-order valence-corrected chi connectivity index (χ1v) is 11.4. The number of benzene rings is 3. The zero-order valence-electron chi connectivity index (χ0n) is 18.1. The molecule has 0 bridgehead atoms. The van der Waals surface area contributed by atoms with Gasteiger partial charge in [-0.05, 0) is 48.5 Å². The zero-order valence-corrected chi connectivity index (χ0v) is 19.7. The van der Waals surface area contributed by atoms with Gasteiger partial charge in [-0.25, -0.2) is 4.98 Å². The van der Waals surface area contributed by atoms with Crippen LogP contribution in [0.1, 0.15) is 42.5 Å². The number of alkyl halides is 3. The molecule has 6 nitrogen and oxygen atoms in total. The minimum atomic E-state index is -4.55. The number of carbonyl (C=O) groups excluding carboxylic acids is 3. The van der Waals surface area contributed by atoms with Crippen molar-refractivity contribution >= 4 is 52.0 Å². The Morgan fingerprint density at radius 1 is 0.889 bits per heavy atom. The van der Waals surface area contributed by atoms with Crippen LogP contribution in [0.2, 0.25) is 10.0 Å². The van der Waals surface area contributed by atoms with Crippen LogP contribution in [0.5, 0.6) is 0 Å². The summed E-state index contributed by atoms with van der Waals surface area (Å²) in [6.45, 7) is -0.0720. The fraction of sp³-hybridized carbons (Fsp3) is 0.120. The van der Waals surface area contributed by atoms with Gasteiger partial charge in [0, 0.05) is 18.5 Å². The molecule has 3 aromatic carbocycles. The molecule has 0 aliphatic carbocycles. The van der Waals surface area contributed by atoms with E-state index in [9.17, 15) is 27.6 Å². The van der Waals surface area contributed by atoms with Crippen molar-refractivity contribution < 1.29 is 27.6 Å². The van der Waals surface area contributed by atoms with Gasteiger partial charge in [-0.15, -0.1) is 0 Å². The quantitative estimate of drug-likeness (QED) is 0.308. The Morgan fingerprint density at radius 2 is 1.47 bits per heavy atom. The van der Waals surface area contributed by atoms with Gasteiger partial charge in [0.2, 0.25) is 0 Å². The lowest BCUT2D eigenvalue weighted by Gasteiger charge is -2.14. The second-order valence-corrected chi connectivity index (χ2v) is 8.87. The summed E-state index contributed by atoms with van der Waals surface area (Å²) < 4.78 is 40.1. The molecule has 0 atom stereocenters. The Labute approximate surface area is 211 Å². The lowest BCUT2D eigenvalue weighted by Crippen LogP contribution is -2.32. The van der Waals surface area contributed by atoms with E-state index in [-0.39, 0.29) is 51.0 Å². The van der Waals surface area contributed by atoms with Crippen molar-refractivity contribution in [2.24, 2.45) is 0 Å².